The topological polar surface area (TPSA) is 90.9 Å². The van der Waals surface area contributed by atoms with E-state index in [-0.39, 0.29) is 5.91 Å². The van der Waals surface area contributed by atoms with Gasteiger partial charge in [0.25, 0.3) is 5.91 Å². The first kappa shape index (κ1) is 29.0. The minimum absolute atomic E-state index is 0.164. The third kappa shape index (κ3) is 8.47. The van der Waals surface area contributed by atoms with Crippen LogP contribution in [0.2, 0.25) is 5.02 Å². The first-order chi connectivity index (χ1) is 18.1. The van der Waals surface area contributed by atoms with Crippen LogP contribution in [0.3, 0.4) is 0 Å². The molecule has 1 aliphatic heterocycles. The van der Waals surface area contributed by atoms with E-state index >= 15 is 0 Å². The van der Waals surface area contributed by atoms with Crippen LogP contribution in [-0.4, -0.2) is 61.3 Å². The standard InChI is InChI=1S/C25H26ClN3O2.C2HF3O2/c1-31-24-10-7-20(15-21(24)17-29-13-11-27-12-14-29)19-3-2-4-23(16-19)28-25(30)18-5-8-22(26)9-6-18;3-2(4,5)1(6)7/h2-10,15-16,27H,11-14,17H2,1H3,(H,28,30);(H,6,7). The summed E-state index contributed by atoms with van der Waals surface area (Å²) in [6.07, 6.45) is -5.08. The highest BCUT2D eigenvalue weighted by Crippen LogP contribution is 2.29. The molecule has 1 aliphatic rings. The summed E-state index contributed by atoms with van der Waals surface area (Å²) in [5.41, 5.74) is 4.61. The maximum atomic E-state index is 12.6. The number of rotatable bonds is 6. The lowest BCUT2D eigenvalue weighted by Crippen LogP contribution is -2.42. The number of piperazine rings is 1. The summed E-state index contributed by atoms with van der Waals surface area (Å²) in [7, 11) is 1.71. The van der Waals surface area contributed by atoms with Crippen LogP contribution < -0.4 is 15.4 Å². The number of halogens is 4. The van der Waals surface area contributed by atoms with E-state index in [2.05, 4.69) is 27.7 Å². The molecule has 0 spiro atoms. The monoisotopic (exact) mass is 549 g/mol. The summed E-state index contributed by atoms with van der Waals surface area (Å²) in [6.45, 7) is 4.93. The summed E-state index contributed by atoms with van der Waals surface area (Å²) in [5.74, 6) is -2.02. The number of methoxy groups -OCH3 is 1. The molecule has 4 rings (SSSR count). The molecule has 1 saturated heterocycles. The number of carbonyl (C=O) groups is 2. The molecular formula is C27H27ClF3N3O4. The predicted molar refractivity (Wildman–Crippen MR) is 140 cm³/mol. The van der Waals surface area contributed by atoms with Crippen molar-refractivity contribution in [3.63, 3.8) is 0 Å². The van der Waals surface area contributed by atoms with Crippen molar-refractivity contribution >= 4 is 29.2 Å². The Labute approximate surface area is 223 Å². The van der Waals surface area contributed by atoms with Crippen LogP contribution in [0.5, 0.6) is 5.75 Å². The van der Waals surface area contributed by atoms with E-state index in [1.165, 1.54) is 0 Å². The molecule has 0 saturated carbocycles. The largest absolute Gasteiger partial charge is 0.496 e. The number of carboxylic acid groups (broad SMARTS) is 1. The summed E-state index contributed by atoms with van der Waals surface area (Å²) < 4.78 is 37.3. The van der Waals surface area contributed by atoms with Crippen molar-refractivity contribution in [1.29, 1.82) is 0 Å². The van der Waals surface area contributed by atoms with Crippen LogP contribution in [0.15, 0.2) is 66.7 Å². The molecule has 0 unspecified atom stereocenters. The first-order valence-electron chi connectivity index (χ1n) is 11.6. The molecule has 0 radical (unpaired) electrons. The van der Waals surface area contributed by atoms with Crippen LogP contribution in [0, 0.1) is 0 Å². The van der Waals surface area contributed by atoms with Crippen molar-refractivity contribution in [2.24, 2.45) is 0 Å². The molecule has 3 aromatic carbocycles. The fraction of sp³-hybridized carbons (Fsp3) is 0.259. The molecule has 1 heterocycles. The number of carbonyl (C=O) groups excluding carboxylic acids is 1. The van der Waals surface area contributed by atoms with Crippen LogP contribution in [0.1, 0.15) is 15.9 Å². The molecule has 1 fully saturated rings. The molecule has 38 heavy (non-hydrogen) atoms. The molecule has 0 atom stereocenters. The average Bonchev–Trinajstić information content (AvgIpc) is 2.89. The van der Waals surface area contributed by atoms with E-state index in [1.807, 2.05) is 30.3 Å². The molecule has 11 heteroatoms. The number of nitrogens with one attached hydrogen (secondary N) is 2. The summed E-state index contributed by atoms with van der Waals surface area (Å²) >= 11 is 5.91. The van der Waals surface area contributed by atoms with E-state index in [0.717, 1.165) is 60.9 Å². The van der Waals surface area contributed by atoms with Crippen molar-refractivity contribution < 1.29 is 32.6 Å². The number of carboxylic acids is 1. The van der Waals surface area contributed by atoms with Crippen molar-refractivity contribution in [2.75, 3.05) is 38.6 Å². The first-order valence-corrected chi connectivity index (χ1v) is 12.0. The highest BCUT2D eigenvalue weighted by Gasteiger charge is 2.38. The molecule has 0 bridgehead atoms. The Balaban J connectivity index is 0.000000505. The minimum Gasteiger partial charge on any atom is -0.496 e. The van der Waals surface area contributed by atoms with E-state index in [9.17, 15) is 18.0 Å². The molecule has 1 amide bonds. The number of hydrogen-bond donors (Lipinski definition) is 3. The van der Waals surface area contributed by atoms with Gasteiger partial charge in [-0.15, -0.1) is 0 Å². The number of hydrogen-bond acceptors (Lipinski definition) is 5. The van der Waals surface area contributed by atoms with Gasteiger partial charge in [-0.3, -0.25) is 9.69 Å². The van der Waals surface area contributed by atoms with Gasteiger partial charge in [-0.25, -0.2) is 4.79 Å². The maximum Gasteiger partial charge on any atom is 0.490 e. The number of anilines is 1. The van der Waals surface area contributed by atoms with Crippen molar-refractivity contribution in [1.82, 2.24) is 10.2 Å². The van der Waals surface area contributed by atoms with Crippen LogP contribution in [0.25, 0.3) is 11.1 Å². The van der Waals surface area contributed by atoms with Gasteiger partial charge in [0.2, 0.25) is 0 Å². The number of aliphatic carboxylic acids is 1. The zero-order valence-corrected chi connectivity index (χ0v) is 21.3. The van der Waals surface area contributed by atoms with Gasteiger partial charge in [0.05, 0.1) is 7.11 Å². The average molecular weight is 550 g/mol. The van der Waals surface area contributed by atoms with Gasteiger partial charge in [0.1, 0.15) is 5.75 Å². The number of benzene rings is 3. The van der Waals surface area contributed by atoms with Gasteiger partial charge in [-0.1, -0.05) is 29.8 Å². The number of alkyl halides is 3. The highest BCUT2D eigenvalue weighted by molar-refractivity contribution is 6.30. The van der Waals surface area contributed by atoms with E-state index in [0.29, 0.717) is 10.6 Å². The van der Waals surface area contributed by atoms with Crippen LogP contribution in [-0.2, 0) is 11.3 Å². The second-order valence-electron chi connectivity index (χ2n) is 8.40. The Morgan fingerprint density at radius 2 is 1.66 bits per heavy atom. The number of ether oxygens (including phenoxy) is 1. The second kappa shape index (κ2) is 13.3. The Kier molecular flexibility index (Phi) is 10.1. The lowest BCUT2D eigenvalue weighted by atomic mass is 10.0. The fourth-order valence-electron chi connectivity index (χ4n) is 3.77. The molecular weight excluding hydrogens is 523 g/mol. The highest BCUT2D eigenvalue weighted by atomic mass is 35.5. The fourth-order valence-corrected chi connectivity index (χ4v) is 3.90. The quantitative estimate of drug-likeness (QED) is 0.386. The maximum absolute atomic E-state index is 12.6. The van der Waals surface area contributed by atoms with E-state index in [4.69, 9.17) is 26.2 Å². The van der Waals surface area contributed by atoms with Gasteiger partial charge in [-0.05, 0) is 59.7 Å². The Bertz CT molecular complexity index is 1250. The van der Waals surface area contributed by atoms with Gasteiger partial charge in [0, 0.05) is 54.6 Å². The molecule has 3 aromatic rings. The summed E-state index contributed by atoms with van der Waals surface area (Å²) in [6, 6.07) is 21.0. The molecule has 7 nitrogen and oxygen atoms in total. The summed E-state index contributed by atoms with van der Waals surface area (Å²) in [4.78, 5) is 23.9. The zero-order valence-electron chi connectivity index (χ0n) is 20.5. The molecule has 3 N–H and O–H groups in total. The SMILES string of the molecule is COc1ccc(-c2cccc(NC(=O)c3ccc(Cl)cc3)c2)cc1CN1CCNCC1.O=C(O)C(F)(F)F. The molecule has 0 aromatic heterocycles. The number of nitrogens with zero attached hydrogens (tertiary/aromatic N) is 1. The minimum atomic E-state index is -5.08. The van der Waals surface area contributed by atoms with Crippen LogP contribution >= 0.6 is 11.6 Å². The molecule has 202 valence electrons. The summed E-state index contributed by atoms with van der Waals surface area (Å²) in [5, 5.41) is 14.1. The predicted octanol–water partition coefficient (Wildman–Crippen LogP) is 5.31. The van der Waals surface area contributed by atoms with Crippen molar-refractivity contribution in [2.45, 2.75) is 12.7 Å². The zero-order chi connectivity index (χ0) is 27.7. The van der Waals surface area contributed by atoms with Gasteiger partial charge < -0.3 is 20.5 Å². The molecule has 0 aliphatic carbocycles. The van der Waals surface area contributed by atoms with E-state index in [1.54, 1.807) is 31.4 Å². The Morgan fingerprint density at radius 3 is 2.26 bits per heavy atom. The van der Waals surface area contributed by atoms with Crippen LogP contribution in [0.4, 0.5) is 18.9 Å². The third-order valence-corrected chi connectivity index (χ3v) is 5.94. The van der Waals surface area contributed by atoms with Gasteiger partial charge >= 0.3 is 12.1 Å². The Morgan fingerprint density at radius 1 is 1.03 bits per heavy atom. The Hall–Kier alpha value is -3.60. The van der Waals surface area contributed by atoms with Crippen molar-refractivity contribution in [3.05, 3.63) is 82.9 Å². The number of amides is 1. The van der Waals surface area contributed by atoms with E-state index < -0.39 is 12.1 Å². The lowest BCUT2D eigenvalue weighted by molar-refractivity contribution is -0.192. The van der Waals surface area contributed by atoms with Gasteiger partial charge in [-0.2, -0.15) is 13.2 Å². The third-order valence-electron chi connectivity index (χ3n) is 5.69. The van der Waals surface area contributed by atoms with Crippen molar-refractivity contribution in [3.8, 4) is 16.9 Å². The normalized spacial score (nSPS) is 13.7. The lowest BCUT2D eigenvalue weighted by Gasteiger charge is -2.28. The smallest absolute Gasteiger partial charge is 0.490 e. The van der Waals surface area contributed by atoms with Gasteiger partial charge in [0.15, 0.2) is 0 Å². The second-order valence-corrected chi connectivity index (χ2v) is 8.83.